The first-order valence-corrected chi connectivity index (χ1v) is 7.63. The van der Waals surface area contributed by atoms with E-state index < -0.39 is 0 Å². The van der Waals surface area contributed by atoms with Gasteiger partial charge >= 0.3 is 0 Å². The summed E-state index contributed by atoms with van der Waals surface area (Å²) in [6.45, 7) is 7.71. The molecule has 20 heavy (non-hydrogen) atoms. The van der Waals surface area contributed by atoms with Gasteiger partial charge in [-0.05, 0) is 10.8 Å². The Kier molecular flexibility index (Phi) is 4.64. The number of nitrogens with one attached hydrogen (secondary N) is 1. The van der Waals surface area contributed by atoms with Gasteiger partial charge in [-0.25, -0.2) is 0 Å². The van der Waals surface area contributed by atoms with Crippen LogP contribution in [0.15, 0.2) is 42.5 Å². The lowest BCUT2D eigenvalue weighted by molar-refractivity contribution is -0.920. The van der Waals surface area contributed by atoms with Gasteiger partial charge in [0.05, 0.1) is 13.2 Å². The van der Waals surface area contributed by atoms with E-state index in [1.54, 1.807) is 4.90 Å². The molecule has 0 spiro atoms. The molecule has 0 amide bonds. The van der Waals surface area contributed by atoms with Crippen molar-refractivity contribution >= 4 is 10.8 Å². The van der Waals surface area contributed by atoms with E-state index in [1.165, 1.54) is 42.5 Å². The Balaban J connectivity index is 1.52. The topological polar surface area (TPSA) is 30.3 Å². The molecule has 2 aromatic rings. The summed E-state index contributed by atoms with van der Waals surface area (Å²) in [6, 6.07) is 15.3. The average Bonchev–Trinajstić information content (AvgIpc) is 2.53. The minimum atomic E-state index is 0.929. The second-order valence-corrected chi connectivity index (χ2v) is 5.53. The van der Waals surface area contributed by atoms with Crippen LogP contribution in [0, 0.1) is 0 Å². The highest BCUT2D eigenvalue weighted by Crippen LogP contribution is 2.17. The van der Waals surface area contributed by atoms with E-state index in [9.17, 15) is 0 Å². The molecule has 3 heteroatoms. The molecule has 3 rings (SSSR count). The molecule has 0 aliphatic carbocycles. The second kappa shape index (κ2) is 6.84. The predicted molar refractivity (Wildman–Crippen MR) is 80.8 cm³/mol. The Bertz CT molecular complexity index is 544. The number of fused-ring (bicyclic) bond motifs is 1. The van der Waals surface area contributed by atoms with Gasteiger partial charge < -0.3 is 15.0 Å². The van der Waals surface area contributed by atoms with Gasteiger partial charge in [0.2, 0.25) is 0 Å². The lowest BCUT2D eigenvalue weighted by Crippen LogP contribution is -3.16. The van der Waals surface area contributed by atoms with E-state index in [2.05, 4.69) is 47.8 Å². The maximum Gasteiger partial charge on any atom is 0.127 e. The zero-order valence-corrected chi connectivity index (χ0v) is 12.0. The number of benzene rings is 2. The quantitative estimate of drug-likeness (QED) is 0.727. The smallest absolute Gasteiger partial charge is 0.127 e. The summed E-state index contributed by atoms with van der Waals surface area (Å²) in [7, 11) is 0. The Labute approximate surface area is 120 Å². The fraction of sp³-hybridized carbons (Fsp3) is 0.412. The van der Waals surface area contributed by atoms with E-state index in [-0.39, 0.29) is 0 Å². The predicted octanol–water partition coefficient (Wildman–Crippen LogP) is -0.182. The van der Waals surface area contributed by atoms with Crippen molar-refractivity contribution in [3.05, 3.63) is 48.0 Å². The maximum atomic E-state index is 5.39. The number of ether oxygens (including phenoxy) is 1. The van der Waals surface area contributed by atoms with Crippen LogP contribution in [0.3, 0.4) is 0 Å². The molecular formula is C17H24N2O+2. The fourth-order valence-corrected chi connectivity index (χ4v) is 2.94. The van der Waals surface area contributed by atoms with Crippen molar-refractivity contribution in [2.45, 2.75) is 6.54 Å². The molecule has 0 saturated carbocycles. The van der Waals surface area contributed by atoms with Gasteiger partial charge in [0, 0.05) is 5.56 Å². The molecule has 1 saturated heterocycles. The lowest BCUT2D eigenvalue weighted by Gasteiger charge is -2.22. The molecule has 1 aliphatic heterocycles. The number of hydrogen-bond donors (Lipinski definition) is 2. The minimum absolute atomic E-state index is 0.929. The van der Waals surface area contributed by atoms with Crippen LogP contribution in [-0.2, 0) is 11.3 Å². The highest BCUT2D eigenvalue weighted by atomic mass is 16.5. The average molecular weight is 272 g/mol. The monoisotopic (exact) mass is 272 g/mol. The highest BCUT2D eigenvalue weighted by Gasteiger charge is 2.13. The van der Waals surface area contributed by atoms with Crippen LogP contribution in [0.25, 0.3) is 10.8 Å². The van der Waals surface area contributed by atoms with Crippen molar-refractivity contribution in [3.63, 3.8) is 0 Å². The molecule has 3 nitrogen and oxygen atoms in total. The van der Waals surface area contributed by atoms with Crippen molar-refractivity contribution in [2.24, 2.45) is 0 Å². The second-order valence-electron chi connectivity index (χ2n) is 5.53. The standard InChI is InChI=1S/C17H22N2O/c1-2-7-17-15(4-1)5-3-6-16(17)14-18-8-9-19-10-12-20-13-11-19/h1-7,18H,8-14H2/p+2. The molecule has 0 aromatic heterocycles. The van der Waals surface area contributed by atoms with E-state index in [0.717, 1.165) is 19.8 Å². The number of rotatable bonds is 5. The first-order valence-electron chi connectivity index (χ1n) is 7.63. The van der Waals surface area contributed by atoms with Crippen molar-refractivity contribution < 1.29 is 15.0 Å². The van der Waals surface area contributed by atoms with Crippen LogP contribution in [0.1, 0.15) is 5.56 Å². The molecular weight excluding hydrogens is 248 g/mol. The number of hydrogen-bond acceptors (Lipinski definition) is 1. The Hall–Kier alpha value is -1.42. The summed E-state index contributed by atoms with van der Waals surface area (Å²) in [6.07, 6.45) is 0. The van der Waals surface area contributed by atoms with Gasteiger partial charge in [0.15, 0.2) is 0 Å². The Morgan fingerprint density at radius 3 is 2.70 bits per heavy atom. The Morgan fingerprint density at radius 2 is 1.80 bits per heavy atom. The molecule has 1 heterocycles. The number of morpholine rings is 1. The molecule has 0 atom stereocenters. The van der Waals surface area contributed by atoms with Crippen LogP contribution >= 0.6 is 0 Å². The normalized spacial score (nSPS) is 16.6. The van der Waals surface area contributed by atoms with Crippen LogP contribution in [0.4, 0.5) is 0 Å². The summed E-state index contributed by atoms with van der Waals surface area (Å²) in [5.74, 6) is 0. The van der Waals surface area contributed by atoms with Crippen molar-refractivity contribution in [2.75, 3.05) is 39.4 Å². The summed E-state index contributed by atoms with van der Waals surface area (Å²) >= 11 is 0. The fourth-order valence-electron chi connectivity index (χ4n) is 2.94. The maximum absolute atomic E-state index is 5.39. The van der Waals surface area contributed by atoms with Crippen LogP contribution in [0.5, 0.6) is 0 Å². The van der Waals surface area contributed by atoms with E-state index >= 15 is 0 Å². The van der Waals surface area contributed by atoms with E-state index in [4.69, 9.17) is 4.74 Å². The third-order valence-corrected chi connectivity index (χ3v) is 4.15. The molecule has 3 N–H and O–H groups in total. The zero-order valence-electron chi connectivity index (χ0n) is 12.0. The van der Waals surface area contributed by atoms with Crippen molar-refractivity contribution in [1.29, 1.82) is 0 Å². The van der Waals surface area contributed by atoms with Gasteiger partial charge in [-0.15, -0.1) is 0 Å². The third-order valence-electron chi connectivity index (χ3n) is 4.15. The third kappa shape index (κ3) is 3.37. The van der Waals surface area contributed by atoms with Gasteiger partial charge in [0.25, 0.3) is 0 Å². The van der Waals surface area contributed by atoms with E-state index in [1.807, 2.05) is 0 Å². The summed E-state index contributed by atoms with van der Waals surface area (Å²) < 4.78 is 5.39. The first kappa shape index (κ1) is 13.6. The van der Waals surface area contributed by atoms with Crippen molar-refractivity contribution in [1.82, 2.24) is 0 Å². The molecule has 0 unspecified atom stereocenters. The molecule has 1 aliphatic rings. The van der Waals surface area contributed by atoms with Crippen LogP contribution in [0.2, 0.25) is 0 Å². The largest absolute Gasteiger partial charge is 0.370 e. The van der Waals surface area contributed by atoms with Crippen LogP contribution in [-0.4, -0.2) is 39.4 Å². The lowest BCUT2D eigenvalue weighted by atomic mass is 10.0. The molecule has 1 fully saturated rings. The highest BCUT2D eigenvalue weighted by molar-refractivity contribution is 5.85. The van der Waals surface area contributed by atoms with Gasteiger partial charge in [-0.3, -0.25) is 0 Å². The first-order chi connectivity index (χ1) is 9.93. The van der Waals surface area contributed by atoms with Crippen molar-refractivity contribution in [3.8, 4) is 0 Å². The van der Waals surface area contributed by atoms with Crippen LogP contribution < -0.4 is 10.2 Å². The summed E-state index contributed by atoms with van der Waals surface area (Å²) in [5.41, 5.74) is 1.44. The van der Waals surface area contributed by atoms with Gasteiger partial charge in [-0.1, -0.05) is 42.5 Å². The molecule has 2 aromatic carbocycles. The molecule has 0 radical (unpaired) electrons. The number of nitrogens with two attached hydrogens (primary N) is 1. The molecule has 0 bridgehead atoms. The minimum Gasteiger partial charge on any atom is -0.370 e. The zero-order chi connectivity index (χ0) is 13.6. The Morgan fingerprint density at radius 1 is 1.00 bits per heavy atom. The summed E-state index contributed by atoms with van der Waals surface area (Å²) in [5, 5.41) is 5.17. The number of quaternary nitrogens is 2. The summed E-state index contributed by atoms with van der Waals surface area (Å²) in [4.78, 5) is 1.69. The van der Waals surface area contributed by atoms with E-state index in [0.29, 0.717) is 0 Å². The molecule has 106 valence electrons. The van der Waals surface area contributed by atoms with Gasteiger partial charge in [-0.2, -0.15) is 0 Å². The SMILES string of the molecule is c1ccc2c(C[NH2+]CC[NH+]3CCOCC3)cccc2c1. The van der Waals surface area contributed by atoms with Gasteiger partial charge in [0.1, 0.15) is 32.7 Å².